The highest BCUT2D eigenvalue weighted by Crippen LogP contribution is 2.37. The van der Waals surface area contributed by atoms with E-state index in [2.05, 4.69) is 35.9 Å². The molecular formula is C27H25ClN2O3S. The van der Waals surface area contributed by atoms with Crippen molar-refractivity contribution in [3.63, 3.8) is 0 Å². The highest BCUT2D eigenvalue weighted by molar-refractivity contribution is 7.21. The van der Waals surface area contributed by atoms with Gasteiger partial charge in [0.15, 0.2) is 11.5 Å². The van der Waals surface area contributed by atoms with Crippen LogP contribution in [0.25, 0.3) is 10.1 Å². The molecule has 0 aliphatic carbocycles. The molecule has 0 spiro atoms. The summed E-state index contributed by atoms with van der Waals surface area (Å²) in [5.74, 6) is 0.243. The van der Waals surface area contributed by atoms with E-state index in [1.165, 1.54) is 24.1 Å². The van der Waals surface area contributed by atoms with Crippen LogP contribution in [0.1, 0.15) is 29.1 Å². The zero-order valence-corrected chi connectivity index (χ0v) is 20.8. The van der Waals surface area contributed by atoms with E-state index in [4.69, 9.17) is 21.1 Å². The molecule has 4 aromatic rings. The Kier molecular flexibility index (Phi) is 7.50. The number of hydrogen-bond donors (Lipinski definition) is 0. The smallest absolute Gasteiger partial charge is 0.355 e. The summed E-state index contributed by atoms with van der Waals surface area (Å²) in [7, 11) is 1.53. The van der Waals surface area contributed by atoms with Crippen molar-refractivity contribution in [2.24, 2.45) is 4.99 Å². The molecule has 0 bridgehead atoms. The van der Waals surface area contributed by atoms with Gasteiger partial charge in [0.1, 0.15) is 4.88 Å². The van der Waals surface area contributed by atoms with Crippen LogP contribution in [0.3, 0.4) is 0 Å². The summed E-state index contributed by atoms with van der Waals surface area (Å²) in [5, 5.41) is 1.24. The van der Waals surface area contributed by atoms with E-state index in [1.807, 2.05) is 42.5 Å². The fourth-order valence-corrected chi connectivity index (χ4v) is 5.01. The number of thiophene rings is 1. The van der Waals surface area contributed by atoms with Gasteiger partial charge < -0.3 is 14.4 Å². The molecule has 7 heteroatoms. The number of rotatable bonds is 8. The molecule has 5 nitrogen and oxygen atoms in total. The Morgan fingerprint density at radius 3 is 2.44 bits per heavy atom. The van der Waals surface area contributed by atoms with Crippen molar-refractivity contribution in [3.05, 3.63) is 82.2 Å². The fraction of sp³-hybridized carbons (Fsp3) is 0.185. The molecule has 1 heterocycles. The minimum absolute atomic E-state index is 0.321. The van der Waals surface area contributed by atoms with Crippen molar-refractivity contribution >= 4 is 56.6 Å². The summed E-state index contributed by atoms with van der Waals surface area (Å²) in [6, 6.07) is 21.0. The number of esters is 1. The summed E-state index contributed by atoms with van der Waals surface area (Å²) in [6.07, 6.45) is 1.75. The number of benzene rings is 3. The second kappa shape index (κ2) is 10.7. The molecule has 4 rings (SSSR count). The van der Waals surface area contributed by atoms with E-state index in [9.17, 15) is 4.79 Å². The Hall–Kier alpha value is -3.35. The van der Waals surface area contributed by atoms with Crippen molar-refractivity contribution in [2.75, 3.05) is 25.1 Å². The lowest BCUT2D eigenvalue weighted by Crippen LogP contribution is -2.21. The number of nitrogens with zero attached hydrogens (tertiary/aromatic N) is 2. The van der Waals surface area contributed by atoms with Crippen LogP contribution in [-0.2, 0) is 0 Å². The lowest BCUT2D eigenvalue weighted by Gasteiger charge is -2.20. The van der Waals surface area contributed by atoms with Gasteiger partial charge in [-0.3, -0.25) is 4.99 Å². The van der Waals surface area contributed by atoms with Crippen molar-refractivity contribution in [2.45, 2.75) is 13.8 Å². The first-order valence-corrected chi connectivity index (χ1v) is 12.2. The molecule has 0 saturated carbocycles. The number of hydrogen-bond acceptors (Lipinski definition) is 6. The van der Waals surface area contributed by atoms with E-state index in [1.54, 1.807) is 18.3 Å². The van der Waals surface area contributed by atoms with Crippen LogP contribution < -0.4 is 14.4 Å². The number of carbonyl (C=O) groups is 1. The molecule has 0 aliphatic heterocycles. The van der Waals surface area contributed by atoms with Crippen molar-refractivity contribution < 1.29 is 14.3 Å². The van der Waals surface area contributed by atoms with Gasteiger partial charge in [0.2, 0.25) is 0 Å². The number of ether oxygens (including phenoxy) is 2. The topological polar surface area (TPSA) is 51.1 Å². The first kappa shape index (κ1) is 23.8. The quantitative estimate of drug-likeness (QED) is 0.146. The number of methoxy groups -OCH3 is 1. The molecular weight excluding hydrogens is 468 g/mol. The van der Waals surface area contributed by atoms with E-state index in [-0.39, 0.29) is 0 Å². The normalized spacial score (nSPS) is 11.2. The Labute approximate surface area is 208 Å². The van der Waals surface area contributed by atoms with Crippen molar-refractivity contribution in [1.29, 1.82) is 0 Å². The first-order chi connectivity index (χ1) is 16.5. The predicted octanol–water partition coefficient (Wildman–Crippen LogP) is 7.38. The molecule has 0 radical (unpaired) electrons. The van der Waals surface area contributed by atoms with Gasteiger partial charge >= 0.3 is 5.97 Å². The molecule has 0 saturated heterocycles. The molecule has 0 N–H and O–H groups in total. The maximum Gasteiger partial charge on any atom is 0.355 e. The molecule has 3 aromatic carbocycles. The molecule has 0 unspecified atom stereocenters. The average molecular weight is 493 g/mol. The molecule has 34 heavy (non-hydrogen) atoms. The minimum Gasteiger partial charge on any atom is -0.493 e. The van der Waals surface area contributed by atoms with Gasteiger partial charge in [0, 0.05) is 35.1 Å². The Bertz CT molecular complexity index is 1330. The maximum atomic E-state index is 12.8. The Balaban J connectivity index is 1.50. The second-order valence-electron chi connectivity index (χ2n) is 7.49. The number of anilines is 1. The van der Waals surface area contributed by atoms with Crippen molar-refractivity contribution in [3.8, 4) is 11.5 Å². The molecule has 0 fully saturated rings. The van der Waals surface area contributed by atoms with Crippen molar-refractivity contribution in [1.82, 2.24) is 0 Å². The highest BCUT2D eigenvalue weighted by atomic mass is 35.5. The van der Waals surface area contributed by atoms with Crippen LogP contribution in [0, 0.1) is 0 Å². The van der Waals surface area contributed by atoms with E-state index < -0.39 is 5.97 Å². The van der Waals surface area contributed by atoms with Crippen LogP contribution in [0.2, 0.25) is 5.02 Å². The summed E-state index contributed by atoms with van der Waals surface area (Å²) < 4.78 is 12.0. The summed E-state index contributed by atoms with van der Waals surface area (Å²) in [5.41, 5.74) is 2.85. The second-order valence-corrected chi connectivity index (χ2v) is 8.92. The van der Waals surface area contributed by atoms with E-state index >= 15 is 0 Å². The van der Waals surface area contributed by atoms with E-state index in [0.717, 1.165) is 34.4 Å². The summed E-state index contributed by atoms with van der Waals surface area (Å²) in [6.45, 7) is 6.21. The number of aliphatic imine (C=N–C) groups is 1. The van der Waals surface area contributed by atoms with E-state index in [0.29, 0.717) is 21.4 Å². The lowest BCUT2D eigenvalue weighted by atomic mass is 10.2. The van der Waals surface area contributed by atoms with Gasteiger partial charge in [0.05, 0.1) is 17.8 Å². The zero-order chi connectivity index (χ0) is 24.1. The third-order valence-corrected chi connectivity index (χ3v) is 7.11. The van der Waals surface area contributed by atoms with Crippen LogP contribution in [0.4, 0.5) is 11.4 Å². The lowest BCUT2D eigenvalue weighted by molar-refractivity contribution is 0.0735. The SMILES string of the molecule is CCN(CC)c1ccc(N=Cc2ccc(OC(=O)c3sc4ccccc4c3Cl)c(OC)c2)cc1. The van der Waals surface area contributed by atoms with Crippen LogP contribution in [0.15, 0.2) is 71.7 Å². The van der Waals surface area contributed by atoms with Gasteiger partial charge in [-0.25, -0.2) is 4.79 Å². The van der Waals surface area contributed by atoms with Gasteiger partial charge in [0.25, 0.3) is 0 Å². The van der Waals surface area contributed by atoms with Gasteiger partial charge in [-0.15, -0.1) is 11.3 Å². The Morgan fingerprint density at radius 1 is 1.03 bits per heavy atom. The third-order valence-electron chi connectivity index (χ3n) is 5.45. The standard InChI is InChI=1S/C27H25ClN2O3S/c1-4-30(5-2)20-13-11-19(12-14-20)29-17-18-10-15-22(23(16-18)32-3)33-27(31)26-25(28)21-8-6-7-9-24(21)34-26/h6-17H,4-5H2,1-3H3. The van der Waals surface area contributed by atoms with Crippen LogP contribution in [0.5, 0.6) is 11.5 Å². The van der Waals surface area contributed by atoms with Crippen LogP contribution in [-0.4, -0.2) is 32.4 Å². The highest BCUT2D eigenvalue weighted by Gasteiger charge is 2.20. The molecule has 0 amide bonds. The molecule has 174 valence electrons. The minimum atomic E-state index is -0.515. The van der Waals surface area contributed by atoms with Crippen LogP contribution >= 0.6 is 22.9 Å². The predicted molar refractivity (Wildman–Crippen MR) is 142 cm³/mol. The number of carbonyl (C=O) groups excluding carboxylic acids is 1. The third kappa shape index (κ3) is 5.08. The summed E-state index contributed by atoms with van der Waals surface area (Å²) in [4.78, 5) is 20.0. The molecule has 1 aromatic heterocycles. The number of halogens is 1. The monoisotopic (exact) mass is 492 g/mol. The van der Waals surface area contributed by atoms with Gasteiger partial charge in [-0.1, -0.05) is 29.8 Å². The fourth-order valence-electron chi connectivity index (χ4n) is 3.63. The van der Waals surface area contributed by atoms with Gasteiger partial charge in [-0.2, -0.15) is 0 Å². The molecule has 0 aliphatic rings. The largest absolute Gasteiger partial charge is 0.493 e. The Morgan fingerprint density at radius 2 is 1.76 bits per heavy atom. The van der Waals surface area contributed by atoms with Gasteiger partial charge in [-0.05, 0) is 67.9 Å². The average Bonchev–Trinajstić information content (AvgIpc) is 3.21. The molecule has 0 atom stereocenters. The zero-order valence-electron chi connectivity index (χ0n) is 19.2. The summed E-state index contributed by atoms with van der Waals surface area (Å²) >= 11 is 7.73. The first-order valence-electron chi connectivity index (χ1n) is 11.0. The maximum absolute atomic E-state index is 12.8. The number of fused-ring (bicyclic) bond motifs is 1.